The van der Waals surface area contributed by atoms with Gasteiger partial charge in [0, 0.05) is 5.57 Å². The average molecular weight is 218 g/mol. The summed E-state index contributed by atoms with van der Waals surface area (Å²) >= 11 is 0. The molecule has 1 aromatic rings. The zero-order valence-electron chi connectivity index (χ0n) is 10.1. The first-order valence-corrected chi connectivity index (χ1v) is 5.62. The quantitative estimate of drug-likeness (QED) is 0.783. The van der Waals surface area contributed by atoms with Crippen LogP contribution in [0.3, 0.4) is 0 Å². The topological polar surface area (TPSA) is 37.3 Å². The van der Waals surface area contributed by atoms with E-state index in [1.807, 2.05) is 45.0 Å². The van der Waals surface area contributed by atoms with Gasteiger partial charge in [-0.15, -0.1) is 0 Å². The fourth-order valence-corrected chi connectivity index (χ4v) is 1.84. The lowest BCUT2D eigenvalue weighted by Crippen LogP contribution is -2.03. The number of carboxylic acids is 1. The van der Waals surface area contributed by atoms with Crippen LogP contribution < -0.4 is 0 Å². The van der Waals surface area contributed by atoms with Crippen molar-refractivity contribution < 1.29 is 9.90 Å². The highest BCUT2D eigenvalue weighted by atomic mass is 16.4. The first kappa shape index (κ1) is 12.5. The highest BCUT2D eigenvalue weighted by Gasteiger charge is 2.12. The Morgan fingerprint density at radius 1 is 1.12 bits per heavy atom. The predicted molar refractivity (Wildman–Crippen MR) is 66.3 cm³/mol. The van der Waals surface area contributed by atoms with E-state index in [1.165, 1.54) is 5.56 Å². The Labute approximate surface area is 96.6 Å². The molecule has 2 nitrogen and oxygen atoms in total. The van der Waals surface area contributed by atoms with Crippen molar-refractivity contribution in [3.05, 3.63) is 41.0 Å². The molecule has 1 aromatic carbocycles. The highest BCUT2D eigenvalue weighted by molar-refractivity contribution is 5.96. The minimum absolute atomic E-state index is 0.520. The minimum atomic E-state index is -0.806. The second-order valence-electron chi connectivity index (χ2n) is 3.84. The lowest BCUT2D eigenvalue weighted by Gasteiger charge is -2.10. The van der Waals surface area contributed by atoms with Crippen molar-refractivity contribution in [3.8, 4) is 0 Å². The van der Waals surface area contributed by atoms with Crippen molar-refractivity contribution in [2.45, 2.75) is 33.6 Å². The van der Waals surface area contributed by atoms with Crippen molar-refractivity contribution in [1.82, 2.24) is 0 Å². The molecule has 0 saturated carbocycles. The van der Waals surface area contributed by atoms with Crippen molar-refractivity contribution in [2.24, 2.45) is 0 Å². The molecular weight excluding hydrogens is 200 g/mol. The Kier molecular flexibility index (Phi) is 4.29. The van der Waals surface area contributed by atoms with Gasteiger partial charge < -0.3 is 5.11 Å². The van der Waals surface area contributed by atoms with E-state index in [0.717, 1.165) is 17.6 Å². The molecule has 0 aliphatic heterocycles. The molecule has 0 amide bonds. The third-order valence-corrected chi connectivity index (χ3v) is 2.73. The summed E-state index contributed by atoms with van der Waals surface area (Å²) in [4.78, 5) is 11.1. The molecule has 0 bridgehead atoms. The Balaban J connectivity index is 3.24. The molecule has 0 heterocycles. The summed E-state index contributed by atoms with van der Waals surface area (Å²) in [5.74, 6) is -0.806. The van der Waals surface area contributed by atoms with Crippen LogP contribution in [0.1, 0.15) is 37.8 Å². The summed E-state index contributed by atoms with van der Waals surface area (Å²) < 4.78 is 0. The summed E-state index contributed by atoms with van der Waals surface area (Å²) in [7, 11) is 0. The second-order valence-corrected chi connectivity index (χ2v) is 3.84. The van der Waals surface area contributed by atoms with Crippen LogP contribution in [0, 0.1) is 6.92 Å². The Morgan fingerprint density at radius 2 is 1.69 bits per heavy atom. The maximum atomic E-state index is 11.1. The number of benzene rings is 1. The van der Waals surface area contributed by atoms with E-state index in [2.05, 4.69) is 0 Å². The van der Waals surface area contributed by atoms with Crippen LogP contribution in [-0.4, -0.2) is 11.1 Å². The molecule has 1 rings (SSSR count). The van der Waals surface area contributed by atoms with Crippen LogP contribution in [0.15, 0.2) is 29.8 Å². The fourth-order valence-electron chi connectivity index (χ4n) is 1.84. The Morgan fingerprint density at radius 3 is 2.06 bits per heavy atom. The van der Waals surface area contributed by atoms with Gasteiger partial charge in [0.2, 0.25) is 0 Å². The molecule has 0 aliphatic carbocycles. The van der Waals surface area contributed by atoms with Crippen LogP contribution in [-0.2, 0) is 4.79 Å². The van der Waals surface area contributed by atoms with Gasteiger partial charge in [-0.1, -0.05) is 43.7 Å². The van der Waals surface area contributed by atoms with Gasteiger partial charge in [-0.25, -0.2) is 4.79 Å². The predicted octanol–water partition coefficient (Wildman–Crippen LogP) is 3.65. The van der Waals surface area contributed by atoms with Gasteiger partial charge in [0.15, 0.2) is 0 Å². The number of rotatable bonds is 4. The van der Waals surface area contributed by atoms with E-state index < -0.39 is 5.97 Å². The van der Waals surface area contributed by atoms with Crippen molar-refractivity contribution in [1.29, 1.82) is 0 Å². The average Bonchev–Trinajstić information content (AvgIpc) is 2.26. The maximum absolute atomic E-state index is 11.1. The van der Waals surface area contributed by atoms with E-state index >= 15 is 0 Å². The minimum Gasteiger partial charge on any atom is -0.478 e. The first-order valence-electron chi connectivity index (χ1n) is 5.62. The molecule has 0 atom stereocenters. The van der Waals surface area contributed by atoms with Gasteiger partial charge in [0.1, 0.15) is 0 Å². The van der Waals surface area contributed by atoms with Crippen LogP contribution in [0.5, 0.6) is 0 Å². The number of carbonyl (C=O) groups is 1. The molecule has 0 spiro atoms. The van der Waals surface area contributed by atoms with Gasteiger partial charge in [-0.2, -0.15) is 0 Å². The summed E-state index contributed by atoms with van der Waals surface area (Å²) in [6.45, 7) is 5.90. The molecule has 0 saturated heterocycles. The molecule has 0 radical (unpaired) electrons. The van der Waals surface area contributed by atoms with Gasteiger partial charge in [-0.05, 0) is 30.9 Å². The SMILES string of the molecule is CCC(C(=O)O)=C(CC)c1ccc(C)cc1. The number of hydrogen-bond donors (Lipinski definition) is 1. The van der Waals surface area contributed by atoms with Crippen molar-refractivity contribution in [2.75, 3.05) is 0 Å². The standard InChI is InChI=1S/C14H18O2/c1-4-12(13(5-2)14(15)16)11-8-6-10(3)7-9-11/h6-9H,4-5H2,1-3H3,(H,15,16). The maximum Gasteiger partial charge on any atom is 0.331 e. The molecule has 1 N–H and O–H groups in total. The van der Waals surface area contributed by atoms with Crippen molar-refractivity contribution in [3.63, 3.8) is 0 Å². The largest absolute Gasteiger partial charge is 0.478 e. The number of aryl methyl sites for hydroxylation is 1. The molecule has 2 heteroatoms. The monoisotopic (exact) mass is 218 g/mol. The van der Waals surface area contributed by atoms with Crippen LogP contribution in [0.2, 0.25) is 0 Å². The van der Waals surface area contributed by atoms with E-state index in [4.69, 9.17) is 5.11 Å². The molecule has 0 unspecified atom stereocenters. The second kappa shape index (κ2) is 5.50. The molecule has 0 aromatic heterocycles. The Hall–Kier alpha value is -1.57. The van der Waals surface area contributed by atoms with Crippen LogP contribution in [0.25, 0.3) is 5.57 Å². The van der Waals surface area contributed by atoms with Gasteiger partial charge in [0.05, 0.1) is 0 Å². The number of allylic oxidation sites excluding steroid dienone is 1. The highest BCUT2D eigenvalue weighted by Crippen LogP contribution is 2.24. The molecule has 16 heavy (non-hydrogen) atoms. The van der Waals surface area contributed by atoms with E-state index in [0.29, 0.717) is 12.0 Å². The summed E-state index contributed by atoms with van der Waals surface area (Å²) in [6, 6.07) is 8.01. The summed E-state index contributed by atoms with van der Waals surface area (Å²) in [5.41, 5.74) is 3.67. The Bertz CT molecular complexity index is 399. The molecule has 0 fully saturated rings. The fraction of sp³-hybridized carbons (Fsp3) is 0.357. The van der Waals surface area contributed by atoms with Crippen molar-refractivity contribution >= 4 is 11.5 Å². The van der Waals surface area contributed by atoms with E-state index in [9.17, 15) is 4.79 Å². The lowest BCUT2D eigenvalue weighted by molar-refractivity contribution is -0.132. The van der Waals surface area contributed by atoms with E-state index in [1.54, 1.807) is 0 Å². The van der Waals surface area contributed by atoms with Crippen LogP contribution >= 0.6 is 0 Å². The van der Waals surface area contributed by atoms with Gasteiger partial charge in [0.25, 0.3) is 0 Å². The summed E-state index contributed by atoms with van der Waals surface area (Å²) in [6.07, 6.45) is 1.31. The third-order valence-electron chi connectivity index (χ3n) is 2.73. The lowest BCUT2D eigenvalue weighted by atomic mass is 9.95. The smallest absolute Gasteiger partial charge is 0.331 e. The zero-order valence-corrected chi connectivity index (χ0v) is 10.1. The molecule has 86 valence electrons. The third kappa shape index (κ3) is 2.72. The number of aliphatic carboxylic acids is 1. The number of carboxylic acid groups (broad SMARTS) is 1. The molecular formula is C14H18O2. The van der Waals surface area contributed by atoms with E-state index in [-0.39, 0.29) is 0 Å². The summed E-state index contributed by atoms with van der Waals surface area (Å²) in [5, 5.41) is 9.13. The van der Waals surface area contributed by atoms with Crippen LogP contribution in [0.4, 0.5) is 0 Å². The van der Waals surface area contributed by atoms with Gasteiger partial charge >= 0.3 is 5.97 Å². The van der Waals surface area contributed by atoms with Gasteiger partial charge in [-0.3, -0.25) is 0 Å². The molecule has 0 aliphatic rings. The zero-order chi connectivity index (χ0) is 12.1. The normalized spacial score (nSPS) is 12.2. The first-order chi connectivity index (χ1) is 7.60. The number of hydrogen-bond acceptors (Lipinski definition) is 1.